The number of carbonyl (C=O) groups excluding carboxylic acids is 1. The zero-order chi connectivity index (χ0) is 20.3. The number of allylic oxidation sites excluding steroid dienone is 2. The minimum Gasteiger partial charge on any atom is -0.481 e. The van der Waals surface area contributed by atoms with E-state index in [1.165, 1.54) is 56.9 Å². The van der Waals surface area contributed by atoms with Gasteiger partial charge in [0.05, 0.1) is 12.3 Å². The van der Waals surface area contributed by atoms with Crippen LogP contribution in [0.15, 0.2) is 11.6 Å². The quantitative estimate of drug-likeness (QED) is 0.234. The van der Waals surface area contributed by atoms with E-state index in [0.29, 0.717) is 19.5 Å². The third kappa shape index (κ3) is 15.4. The fraction of sp³-hybridized carbons (Fsp3) is 0.818. The summed E-state index contributed by atoms with van der Waals surface area (Å²) in [6.45, 7) is 5.16. The highest BCUT2D eigenvalue weighted by atomic mass is 16.4. The number of aliphatic carboxylic acids is 1. The van der Waals surface area contributed by atoms with Crippen molar-refractivity contribution in [1.82, 2.24) is 5.32 Å². The normalized spacial score (nSPS) is 12.8. The van der Waals surface area contributed by atoms with Crippen molar-refractivity contribution in [1.29, 1.82) is 0 Å². The topological polar surface area (TPSA) is 92.4 Å². The molecule has 5 nitrogen and oxygen atoms in total. The van der Waals surface area contributed by atoms with Crippen molar-refractivity contribution in [2.24, 2.45) is 11.7 Å². The van der Waals surface area contributed by atoms with E-state index in [1.54, 1.807) is 0 Å². The maximum Gasteiger partial charge on any atom is 0.304 e. The van der Waals surface area contributed by atoms with Crippen LogP contribution in [0.1, 0.15) is 97.3 Å². The molecule has 0 bridgehead atoms. The van der Waals surface area contributed by atoms with Gasteiger partial charge in [-0.1, -0.05) is 70.4 Å². The Kier molecular flexibility index (Phi) is 17.1. The summed E-state index contributed by atoms with van der Waals surface area (Å²) in [5, 5.41) is 11.9. The van der Waals surface area contributed by atoms with Crippen LogP contribution in [0.5, 0.6) is 0 Å². The smallest absolute Gasteiger partial charge is 0.304 e. The van der Waals surface area contributed by atoms with Crippen LogP contribution >= 0.6 is 0 Å². The number of hydrogen-bond donors (Lipinski definition) is 3. The zero-order valence-electron chi connectivity index (χ0n) is 17.6. The molecular weight excluding hydrogens is 340 g/mol. The molecule has 0 aliphatic rings. The highest BCUT2D eigenvalue weighted by Gasteiger charge is 2.22. The first-order valence-corrected chi connectivity index (χ1v) is 10.9. The molecule has 0 radical (unpaired) electrons. The Labute approximate surface area is 166 Å². The van der Waals surface area contributed by atoms with Gasteiger partial charge in [0, 0.05) is 13.1 Å². The van der Waals surface area contributed by atoms with E-state index >= 15 is 0 Å². The number of unbranched alkanes of at least 4 members (excludes halogenated alkanes) is 8. The molecule has 5 heteroatoms. The number of rotatable bonds is 18. The molecular formula is C22H42N2O3. The van der Waals surface area contributed by atoms with Crippen LogP contribution in [-0.4, -0.2) is 30.1 Å². The third-order valence-corrected chi connectivity index (χ3v) is 4.84. The fourth-order valence-corrected chi connectivity index (χ4v) is 3.24. The van der Waals surface area contributed by atoms with Crippen LogP contribution in [0.2, 0.25) is 0 Å². The summed E-state index contributed by atoms with van der Waals surface area (Å²) in [5.74, 6) is -1.62. The Morgan fingerprint density at radius 2 is 1.59 bits per heavy atom. The lowest BCUT2D eigenvalue weighted by molar-refractivity contribution is -0.141. The van der Waals surface area contributed by atoms with Gasteiger partial charge in [-0.05, 0) is 32.1 Å². The van der Waals surface area contributed by atoms with Crippen LogP contribution in [0.4, 0.5) is 0 Å². The third-order valence-electron chi connectivity index (χ3n) is 4.84. The second kappa shape index (κ2) is 18.0. The van der Waals surface area contributed by atoms with Crippen LogP contribution in [0.3, 0.4) is 0 Å². The van der Waals surface area contributed by atoms with Crippen LogP contribution < -0.4 is 11.1 Å². The minimum atomic E-state index is -0.923. The predicted molar refractivity (Wildman–Crippen MR) is 113 cm³/mol. The molecule has 27 heavy (non-hydrogen) atoms. The molecule has 158 valence electrons. The molecule has 0 aliphatic carbocycles. The van der Waals surface area contributed by atoms with Gasteiger partial charge in [-0.3, -0.25) is 9.59 Å². The lowest BCUT2D eigenvalue weighted by Gasteiger charge is -2.17. The fourth-order valence-electron chi connectivity index (χ4n) is 3.24. The van der Waals surface area contributed by atoms with Crippen LogP contribution in [0.25, 0.3) is 0 Å². The second-order valence-corrected chi connectivity index (χ2v) is 7.45. The second-order valence-electron chi connectivity index (χ2n) is 7.45. The summed E-state index contributed by atoms with van der Waals surface area (Å²) in [7, 11) is 0. The van der Waals surface area contributed by atoms with Gasteiger partial charge in [-0.2, -0.15) is 0 Å². The predicted octanol–water partition coefficient (Wildman–Crippen LogP) is 4.80. The van der Waals surface area contributed by atoms with E-state index in [-0.39, 0.29) is 12.3 Å². The summed E-state index contributed by atoms with van der Waals surface area (Å²) in [5.41, 5.74) is 6.69. The molecule has 0 aromatic rings. The molecule has 0 aromatic heterocycles. The van der Waals surface area contributed by atoms with Crippen LogP contribution in [-0.2, 0) is 9.59 Å². The average molecular weight is 383 g/mol. The van der Waals surface area contributed by atoms with Crippen molar-refractivity contribution in [3.8, 4) is 0 Å². The SMILES string of the molecule is CCCCCCC/C=C(\CCCCCC)CC(CC(=O)O)C(=O)NCCN. The lowest BCUT2D eigenvalue weighted by Crippen LogP contribution is -2.35. The number of amides is 1. The van der Waals surface area contributed by atoms with E-state index in [1.807, 2.05) is 0 Å². The summed E-state index contributed by atoms with van der Waals surface area (Å²) in [6.07, 6.45) is 15.6. The molecule has 0 saturated heterocycles. The van der Waals surface area contributed by atoms with Gasteiger partial charge < -0.3 is 16.2 Å². The standard InChI is InChI=1S/C22H42N2O3/c1-3-5-7-9-10-12-14-19(13-11-8-6-4-2)17-20(18-21(25)26)22(27)24-16-15-23/h14,20H,3-13,15-18,23H2,1-2H3,(H,24,27)(H,25,26)/b19-14+. The monoisotopic (exact) mass is 382 g/mol. The Morgan fingerprint density at radius 1 is 0.963 bits per heavy atom. The van der Waals surface area contributed by atoms with Crippen molar-refractivity contribution >= 4 is 11.9 Å². The number of carbonyl (C=O) groups is 2. The van der Waals surface area contributed by atoms with Gasteiger partial charge in [-0.15, -0.1) is 0 Å². The molecule has 0 spiro atoms. The summed E-state index contributed by atoms with van der Waals surface area (Å²) in [4.78, 5) is 23.5. The first-order valence-electron chi connectivity index (χ1n) is 10.9. The maximum atomic E-state index is 12.3. The van der Waals surface area contributed by atoms with Gasteiger partial charge in [0.1, 0.15) is 0 Å². The van der Waals surface area contributed by atoms with Crippen molar-refractivity contribution in [3.05, 3.63) is 11.6 Å². The Balaban J connectivity index is 4.78. The Bertz CT molecular complexity index is 422. The Morgan fingerprint density at radius 3 is 2.19 bits per heavy atom. The van der Waals surface area contributed by atoms with E-state index in [4.69, 9.17) is 5.73 Å². The molecule has 0 rings (SSSR count). The first kappa shape index (κ1) is 25.6. The van der Waals surface area contributed by atoms with Crippen molar-refractivity contribution < 1.29 is 14.7 Å². The van der Waals surface area contributed by atoms with Crippen molar-refractivity contribution in [2.75, 3.05) is 13.1 Å². The maximum absolute atomic E-state index is 12.3. The summed E-state index contributed by atoms with van der Waals surface area (Å²) in [6, 6.07) is 0. The molecule has 1 unspecified atom stereocenters. The highest BCUT2D eigenvalue weighted by Crippen LogP contribution is 2.23. The lowest BCUT2D eigenvalue weighted by atomic mass is 9.91. The number of carboxylic acid groups (broad SMARTS) is 1. The summed E-state index contributed by atoms with van der Waals surface area (Å²) < 4.78 is 0. The molecule has 1 amide bonds. The van der Waals surface area contributed by atoms with Crippen molar-refractivity contribution in [2.45, 2.75) is 97.3 Å². The number of carboxylic acids is 1. The summed E-state index contributed by atoms with van der Waals surface area (Å²) >= 11 is 0. The molecule has 0 fully saturated rings. The van der Waals surface area contributed by atoms with E-state index in [9.17, 15) is 14.7 Å². The molecule has 0 aliphatic heterocycles. The molecule has 0 aromatic carbocycles. The number of nitrogens with one attached hydrogen (secondary N) is 1. The largest absolute Gasteiger partial charge is 0.481 e. The van der Waals surface area contributed by atoms with Gasteiger partial charge in [0.25, 0.3) is 0 Å². The molecule has 0 heterocycles. The van der Waals surface area contributed by atoms with Gasteiger partial charge in [0.2, 0.25) is 5.91 Å². The minimum absolute atomic E-state index is 0.126. The zero-order valence-corrected chi connectivity index (χ0v) is 17.6. The first-order chi connectivity index (χ1) is 13.0. The highest BCUT2D eigenvalue weighted by molar-refractivity contribution is 5.83. The van der Waals surface area contributed by atoms with E-state index in [0.717, 1.165) is 19.3 Å². The van der Waals surface area contributed by atoms with Crippen molar-refractivity contribution in [3.63, 3.8) is 0 Å². The van der Waals surface area contributed by atoms with Gasteiger partial charge in [0.15, 0.2) is 0 Å². The van der Waals surface area contributed by atoms with E-state index < -0.39 is 11.9 Å². The number of hydrogen-bond acceptors (Lipinski definition) is 3. The molecule has 4 N–H and O–H groups in total. The molecule has 1 atom stereocenters. The Hall–Kier alpha value is -1.36. The van der Waals surface area contributed by atoms with Gasteiger partial charge >= 0.3 is 5.97 Å². The number of nitrogens with two attached hydrogens (primary N) is 1. The van der Waals surface area contributed by atoms with Gasteiger partial charge in [-0.25, -0.2) is 0 Å². The average Bonchev–Trinajstić information content (AvgIpc) is 2.64. The van der Waals surface area contributed by atoms with E-state index in [2.05, 4.69) is 25.2 Å². The van der Waals surface area contributed by atoms with Crippen LogP contribution in [0, 0.1) is 5.92 Å². The molecule has 0 saturated carbocycles.